The largest absolute Gasteiger partial charge is 0.497 e. The Kier molecular flexibility index (Phi) is 4.70. The van der Waals surface area contributed by atoms with Crippen LogP contribution >= 0.6 is 11.3 Å². The van der Waals surface area contributed by atoms with E-state index in [1.54, 1.807) is 13.3 Å². The number of thiazole rings is 1. The number of nitrogens with one attached hydrogen (secondary N) is 1. The first kappa shape index (κ1) is 15.0. The summed E-state index contributed by atoms with van der Waals surface area (Å²) in [5, 5.41) is 5.34. The van der Waals surface area contributed by atoms with E-state index in [4.69, 9.17) is 4.74 Å². The molecule has 1 aliphatic rings. The third-order valence-electron chi connectivity index (χ3n) is 3.91. The summed E-state index contributed by atoms with van der Waals surface area (Å²) < 4.78 is 5.19. The van der Waals surface area contributed by atoms with Gasteiger partial charge in [-0.15, -0.1) is 11.3 Å². The lowest BCUT2D eigenvalue weighted by atomic mass is 9.98. The number of likely N-dealkylation sites (tertiary alicyclic amines) is 1. The van der Waals surface area contributed by atoms with Crippen molar-refractivity contribution in [2.45, 2.75) is 12.3 Å². The second-order valence-corrected chi connectivity index (χ2v) is 6.27. The molecule has 1 aromatic carbocycles. The van der Waals surface area contributed by atoms with E-state index in [2.05, 4.69) is 27.3 Å². The average molecular weight is 317 g/mol. The van der Waals surface area contributed by atoms with Crippen LogP contribution in [-0.2, 0) is 4.79 Å². The van der Waals surface area contributed by atoms with Crippen LogP contribution in [0, 0.1) is 0 Å². The Morgan fingerprint density at radius 3 is 2.95 bits per heavy atom. The molecule has 0 saturated carbocycles. The van der Waals surface area contributed by atoms with Crippen molar-refractivity contribution in [2.24, 2.45) is 0 Å². The van der Waals surface area contributed by atoms with E-state index in [-0.39, 0.29) is 5.91 Å². The Hall–Kier alpha value is -1.92. The van der Waals surface area contributed by atoms with Crippen LogP contribution < -0.4 is 10.1 Å². The summed E-state index contributed by atoms with van der Waals surface area (Å²) in [7, 11) is 1.67. The number of ether oxygens (including phenoxy) is 1. The monoisotopic (exact) mass is 317 g/mol. The van der Waals surface area contributed by atoms with Gasteiger partial charge < -0.3 is 10.1 Å². The molecule has 22 heavy (non-hydrogen) atoms. The number of benzene rings is 1. The molecule has 3 rings (SSSR count). The van der Waals surface area contributed by atoms with E-state index in [9.17, 15) is 4.79 Å². The third kappa shape index (κ3) is 3.64. The van der Waals surface area contributed by atoms with Crippen LogP contribution in [0.2, 0.25) is 0 Å². The fourth-order valence-electron chi connectivity index (χ4n) is 2.77. The number of hydrogen-bond donors (Lipinski definition) is 1. The zero-order valence-corrected chi connectivity index (χ0v) is 13.3. The number of methoxy groups -OCH3 is 1. The van der Waals surface area contributed by atoms with Crippen molar-refractivity contribution < 1.29 is 9.53 Å². The molecule has 1 aliphatic heterocycles. The van der Waals surface area contributed by atoms with E-state index >= 15 is 0 Å². The quantitative estimate of drug-likeness (QED) is 0.921. The first-order valence-corrected chi connectivity index (χ1v) is 8.18. The van der Waals surface area contributed by atoms with Crippen molar-refractivity contribution in [3.05, 3.63) is 41.4 Å². The molecule has 5 nitrogen and oxygen atoms in total. The van der Waals surface area contributed by atoms with Crippen molar-refractivity contribution >= 4 is 22.4 Å². The van der Waals surface area contributed by atoms with E-state index in [0.717, 1.165) is 25.3 Å². The number of carbonyl (C=O) groups excluding carboxylic acids is 1. The highest BCUT2D eigenvalue weighted by Gasteiger charge is 2.25. The number of hydrogen-bond acceptors (Lipinski definition) is 5. The van der Waals surface area contributed by atoms with Gasteiger partial charge in [0.15, 0.2) is 5.13 Å². The molecule has 1 N–H and O–H groups in total. The average Bonchev–Trinajstić information content (AvgIpc) is 3.19. The van der Waals surface area contributed by atoms with Gasteiger partial charge in [-0.3, -0.25) is 9.69 Å². The Bertz CT molecular complexity index is 613. The van der Waals surface area contributed by atoms with Crippen LogP contribution in [-0.4, -0.2) is 42.5 Å². The molecule has 1 saturated heterocycles. The molecule has 1 unspecified atom stereocenters. The topological polar surface area (TPSA) is 54.5 Å². The van der Waals surface area contributed by atoms with Gasteiger partial charge in [0.1, 0.15) is 5.75 Å². The summed E-state index contributed by atoms with van der Waals surface area (Å²) in [6, 6.07) is 8.21. The molecule has 2 aromatic rings. The maximum absolute atomic E-state index is 12.0. The SMILES string of the molecule is COc1ccc(C2CCN(CC(=O)Nc3nccs3)C2)cc1. The molecule has 1 amide bonds. The highest BCUT2D eigenvalue weighted by molar-refractivity contribution is 7.13. The van der Waals surface area contributed by atoms with Gasteiger partial charge in [0.25, 0.3) is 0 Å². The van der Waals surface area contributed by atoms with Gasteiger partial charge in [-0.25, -0.2) is 4.98 Å². The molecule has 1 atom stereocenters. The van der Waals surface area contributed by atoms with Crippen LogP contribution in [0.4, 0.5) is 5.13 Å². The second-order valence-electron chi connectivity index (χ2n) is 5.38. The number of aromatic nitrogens is 1. The summed E-state index contributed by atoms with van der Waals surface area (Å²) in [5.74, 6) is 1.37. The molecule has 116 valence electrons. The predicted molar refractivity (Wildman–Crippen MR) is 87.5 cm³/mol. The molecule has 0 aliphatic carbocycles. The summed E-state index contributed by atoms with van der Waals surface area (Å²) in [5.41, 5.74) is 1.31. The number of nitrogens with zero attached hydrogens (tertiary/aromatic N) is 2. The fraction of sp³-hybridized carbons (Fsp3) is 0.375. The lowest BCUT2D eigenvalue weighted by Crippen LogP contribution is -2.31. The fourth-order valence-corrected chi connectivity index (χ4v) is 3.32. The maximum Gasteiger partial charge on any atom is 0.240 e. The van der Waals surface area contributed by atoms with Gasteiger partial charge in [0, 0.05) is 18.1 Å². The van der Waals surface area contributed by atoms with Crippen LogP contribution in [0.15, 0.2) is 35.8 Å². The van der Waals surface area contributed by atoms with Crippen molar-refractivity contribution in [3.63, 3.8) is 0 Å². The van der Waals surface area contributed by atoms with Gasteiger partial charge in [0.2, 0.25) is 5.91 Å². The predicted octanol–water partition coefficient (Wildman–Crippen LogP) is 2.58. The molecule has 0 bridgehead atoms. The van der Waals surface area contributed by atoms with Crippen molar-refractivity contribution in [2.75, 3.05) is 32.1 Å². The van der Waals surface area contributed by atoms with Gasteiger partial charge in [-0.2, -0.15) is 0 Å². The van der Waals surface area contributed by atoms with Gasteiger partial charge in [-0.1, -0.05) is 12.1 Å². The van der Waals surface area contributed by atoms with Crippen LogP contribution in [0.5, 0.6) is 5.75 Å². The normalized spacial score (nSPS) is 18.3. The number of anilines is 1. The highest BCUT2D eigenvalue weighted by atomic mass is 32.1. The molecule has 0 spiro atoms. The summed E-state index contributed by atoms with van der Waals surface area (Å²) in [6.45, 7) is 2.28. The van der Waals surface area contributed by atoms with E-state index < -0.39 is 0 Å². The minimum atomic E-state index is 0.00494. The number of carbonyl (C=O) groups is 1. The Balaban J connectivity index is 1.52. The van der Waals surface area contributed by atoms with E-state index in [1.165, 1.54) is 16.9 Å². The molecule has 6 heteroatoms. The first-order chi connectivity index (χ1) is 10.7. The van der Waals surface area contributed by atoms with Crippen molar-refractivity contribution in [1.82, 2.24) is 9.88 Å². The minimum absolute atomic E-state index is 0.00494. The second kappa shape index (κ2) is 6.89. The van der Waals surface area contributed by atoms with E-state index in [1.807, 2.05) is 17.5 Å². The lowest BCUT2D eigenvalue weighted by molar-refractivity contribution is -0.117. The molecule has 1 fully saturated rings. The molecular weight excluding hydrogens is 298 g/mol. The van der Waals surface area contributed by atoms with Crippen molar-refractivity contribution in [1.29, 1.82) is 0 Å². The summed E-state index contributed by atoms with van der Waals surface area (Å²) in [4.78, 5) is 18.2. The Morgan fingerprint density at radius 2 is 2.27 bits per heavy atom. The molecular formula is C16H19N3O2S. The summed E-state index contributed by atoms with van der Waals surface area (Å²) >= 11 is 1.44. The highest BCUT2D eigenvalue weighted by Crippen LogP contribution is 2.28. The third-order valence-corrected chi connectivity index (χ3v) is 4.59. The molecule has 1 aromatic heterocycles. The number of amides is 1. The van der Waals surface area contributed by atoms with Crippen molar-refractivity contribution in [3.8, 4) is 5.75 Å². The summed E-state index contributed by atoms with van der Waals surface area (Å²) in [6.07, 6.45) is 2.77. The minimum Gasteiger partial charge on any atom is -0.497 e. The number of rotatable bonds is 5. The van der Waals surface area contributed by atoms with Gasteiger partial charge in [0.05, 0.1) is 13.7 Å². The zero-order valence-electron chi connectivity index (χ0n) is 12.5. The lowest BCUT2D eigenvalue weighted by Gasteiger charge is -2.15. The maximum atomic E-state index is 12.0. The molecule has 2 heterocycles. The molecule has 0 radical (unpaired) electrons. The van der Waals surface area contributed by atoms with Gasteiger partial charge in [-0.05, 0) is 36.6 Å². The van der Waals surface area contributed by atoms with Crippen LogP contribution in [0.3, 0.4) is 0 Å². The first-order valence-electron chi connectivity index (χ1n) is 7.30. The Labute approximate surface area is 133 Å². The van der Waals surface area contributed by atoms with Crippen LogP contribution in [0.25, 0.3) is 0 Å². The Morgan fingerprint density at radius 1 is 1.45 bits per heavy atom. The van der Waals surface area contributed by atoms with Gasteiger partial charge >= 0.3 is 0 Å². The van der Waals surface area contributed by atoms with E-state index in [0.29, 0.717) is 17.6 Å². The standard InChI is InChI=1S/C16H19N3O2S/c1-21-14-4-2-12(3-5-14)13-6-8-19(10-13)11-15(20)18-16-17-7-9-22-16/h2-5,7,9,13H,6,8,10-11H2,1H3,(H,17,18,20). The van der Waals surface area contributed by atoms with Crippen LogP contribution in [0.1, 0.15) is 17.9 Å². The smallest absolute Gasteiger partial charge is 0.240 e. The zero-order chi connectivity index (χ0) is 15.4.